The molecule has 0 N–H and O–H groups in total. The van der Waals surface area contributed by atoms with Crippen LogP contribution in [0.3, 0.4) is 0 Å². The fourth-order valence-electron chi connectivity index (χ4n) is 9.86. The Morgan fingerprint density at radius 2 is 1.67 bits per heavy atom. The normalized spacial score (nSPS) is 38.9. The highest BCUT2D eigenvalue weighted by atomic mass is 16.5. The van der Waals surface area contributed by atoms with E-state index in [9.17, 15) is 4.79 Å². The fraction of sp³-hybridized carbons (Fsp3) is 0.853. The van der Waals surface area contributed by atoms with E-state index >= 15 is 0 Å². The summed E-state index contributed by atoms with van der Waals surface area (Å²) in [6.07, 6.45) is 22.7. The first-order valence-electron chi connectivity index (χ1n) is 15.6. The predicted octanol–water partition coefficient (Wildman–Crippen LogP) is 9.69. The Bertz CT molecular complexity index is 819. The van der Waals surface area contributed by atoms with E-state index in [-0.39, 0.29) is 5.97 Å². The maximum atomic E-state index is 12.5. The number of fused-ring (bicyclic) bond motifs is 5. The SMILES string of the molecule is CC(C)=CCC/C(C)=C/COC(=O)CC[C@@H](C)[C@H]1CC[C@H]2[C@@H]3CCC4CCCC[C@]4(C)[C@H]3CC[C@]12C. The van der Waals surface area contributed by atoms with Crippen molar-refractivity contribution < 1.29 is 9.53 Å². The van der Waals surface area contributed by atoms with Crippen LogP contribution in [0, 0.1) is 46.3 Å². The van der Waals surface area contributed by atoms with Gasteiger partial charge in [0.15, 0.2) is 0 Å². The standard InChI is InChI=1S/C34H56O2/c1-24(2)10-9-11-25(3)20-23-36-32(35)18-13-26(4)29-16-17-30-28-15-14-27-12-7-8-21-33(27,5)31(28)19-22-34(29,30)6/h10,20,26-31H,7-9,11-19,21-23H2,1-6H3/b25-20+/t26-,27?,28+,29-,30+,31+,33+,34-/m1/s1. The van der Waals surface area contributed by atoms with Crippen molar-refractivity contribution in [1.29, 1.82) is 0 Å². The van der Waals surface area contributed by atoms with E-state index < -0.39 is 0 Å². The summed E-state index contributed by atoms with van der Waals surface area (Å²) in [6.45, 7) is 14.6. The lowest BCUT2D eigenvalue weighted by atomic mass is 9.44. The van der Waals surface area contributed by atoms with Gasteiger partial charge in [0, 0.05) is 6.42 Å². The Hall–Kier alpha value is -1.05. The summed E-state index contributed by atoms with van der Waals surface area (Å²) < 4.78 is 5.59. The Labute approximate surface area is 223 Å². The van der Waals surface area contributed by atoms with Gasteiger partial charge in [0.1, 0.15) is 6.61 Å². The van der Waals surface area contributed by atoms with Crippen LogP contribution in [0.2, 0.25) is 0 Å². The van der Waals surface area contributed by atoms with Gasteiger partial charge in [-0.25, -0.2) is 0 Å². The van der Waals surface area contributed by atoms with Gasteiger partial charge in [-0.3, -0.25) is 4.79 Å². The second-order valence-electron chi connectivity index (χ2n) is 14.2. The predicted molar refractivity (Wildman–Crippen MR) is 152 cm³/mol. The highest BCUT2D eigenvalue weighted by Gasteiger charge is 2.60. The zero-order valence-corrected chi connectivity index (χ0v) is 24.5. The van der Waals surface area contributed by atoms with Gasteiger partial charge in [0.05, 0.1) is 0 Å². The van der Waals surface area contributed by atoms with Crippen molar-refractivity contribution in [2.45, 2.75) is 131 Å². The lowest BCUT2D eigenvalue weighted by Crippen LogP contribution is -2.53. The van der Waals surface area contributed by atoms with Crippen LogP contribution in [0.15, 0.2) is 23.3 Å². The molecule has 0 amide bonds. The van der Waals surface area contributed by atoms with Gasteiger partial charge in [0.25, 0.3) is 0 Å². The van der Waals surface area contributed by atoms with E-state index in [1.54, 1.807) is 0 Å². The molecule has 1 unspecified atom stereocenters. The van der Waals surface area contributed by atoms with Gasteiger partial charge >= 0.3 is 5.97 Å². The molecule has 4 aliphatic rings. The summed E-state index contributed by atoms with van der Waals surface area (Å²) in [5.41, 5.74) is 3.80. The van der Waals surface area contributed by atoms with Crippen LogP contribution in [-0.2, 0) is 9.53 Å². The molecule has 0 bridgehead atoms. The second-order valence-corrected chi connectivity index (χ2v) is 14.2. The Morgan fingerprint density at radius 1 is 0.889 bits per heavy atom. The number of hydrogen-bond donors (Lipinski definition) is 0. The topological polar surface area (TPSA) is 26.3 Å². The lowest BCUT2D eigenvalue weighted by Gasteiger charge is -2.61. The molecule has 0 aliphatic heterocycles. The van der Waals surface area contributed by atoms with E-state index in [2.05, 4.69) is 53.7 Å². The molecule has 204 valence electrons. The first kappa shape index (κ1) is 28.0. The first-order chi connectivity index (χ1) is 17.1. The van der Waals surface area contributed by atoms with Gasteiger partial charge < -0.3 is 4.74 Å². The summed E-state index contributed by atoms with van der Waals surface area (Å²) in [7, 11) is 0. The van der Waals surface area contributed by atoms with Crippen molar-refractivity contribution in [2.24, 2.45) is 46.3 Å². The third-order valence-electron chi connectivity index (χ3n) is 11.9. The number of carbonyl (C=O) groups is 1. The molecule has 2 nitrogen and oxygen atoms in total. The van der Waals surface area contributed by atoms with E-state index in [1.807, 2.05) is 0 Å². The largest absolute Gasteiger partial charge is 0.461 e. The average Bonchev–Trinajstić information content (AvgIpc) is 3.19. The van der Waals surface area contributed by atoms with E-state index in [4.69, 9.17) is 4.74 Å². The van der Waals surface area contributed by atoms with Crippen molar-refractivity contribution in [3.63, 3.8) is 0 Å². The number of ether oxygens (including phenoxy) is 1. The third kappa shape index (κ3) is 5.83. The van der Waals surface area contributed by atoms with Crippen molar-refractivity contribution in [1.82, 2.24) is 0 Å². The van der Waals surface area contributed by atoms with Crippen LogP contribution < -0.4 is 0 Å². The van der Waals surface area contributed by atoms with Gasteiger partial charge in [-0.15, -0.1) is 0 Å². The van der Waals surface area contributed by atoms with Crippen molar-refractivity contribution in [3.05, 3.63) is 23.3 Å². The summed E-state index contributed by atoms with van der Waals surface area (Å²) >= 11 is 0. The molecule has 8 atom stereocenters. The van der Waals surface area contributed by atoms with Crippen molar-refractivity contribution in [2.75, 3.05) is 6.61 Å². The summed E-state index contributed by atoms with van der Waals surface area (Å²) in [5, 5.41) is 0. The molecule has 0 radical (unpaired) electrons. The number of carbonyl (C=O) groups excluding carboxylic acids is 1. The third-order valence-corrected chi connectivity index (χ3v) is 11.9. The molecule has 0 aromatic rings. The first-order valence-corrected chi connectivity index (χ1v) is 15.6. The minimum atomic E-state index is -0.0119. The zero-order valence-electron chi connectivity index (χ0n) is 24.5. The quantitative estimate of drug-likeness (QED) is 0.234. The molecule has 0 aromatic heterocycles. The summed E-state index contributed by atoms with van der Waals surface area (Å²) in [6, 6.07) is 0. The molecule has 36 heavy (non-hydrogen) atoms. The minimum absolute atomic E-state index is 0.0119. The summed E-state index contributed by atoms with van der Waals surface area (Å²) in [5.74, 6) is 5.28. The molecular weight excluding hydrogens is 440 g/mol. The van der Waals surface area contributed by atoms with Crippen LogP contribution in [0.1, 0.15) is 131 Å². The Kier molecular flexibility index (Phi) is 9.15. The molecule has 0 saturated heterocycles. The molecule has 0 spiro atoms. The van der Waals surface area contributed by atoms with Crippen LogP contribution in [-0.4, -0.2) is 12.6 Å². The molecule has 4 aliphatic carbocycles. The maximum Gasteiger partial charge on any atom is 0.306 e. The number of hydrogen-bond acceptors (Lipinski definition) is 2. The molecule has 0 aromatic carbocycles. The molecule has 4 saturated carbocycles. The van der Waals surface area contributed by atoms with Crippen LogP contribution in [0.25, 0.3) is 0 Å². The molecule has 0 heterocycles. The molecular formula is C34H56O2. The second kappa shape index (κ2) is 11.8. The van der Waals surface area contributed by atoms with Gasteiger partial charge in [-0.2, -0.15) is 0 Å². The van der Waals surface area contributed by atoms with Gasteiger partial charge in [-0.05, 0) is 144 Å². The van der Waals surface area contributed by atoms with Crippen molar-refractivity contribution >= 4 is 5.97 Å². The molecule has 2 heteroatoms. The molecule has 4 fully saturated rings. The molecule has 4 rings (SSSR count). The highest BCUT2D eigenvalue weighted by Crippen LogP contribution is 2.68. The highest BCUT2D eigenvalue weighted by molar-refractivity contribution is 5.69. The van der Waals surface area contributed by atoms with E-state index in [0.29, 0.717) is 29.8 Å². The number of rotatable bonds is 9. The van der Waals surface area contributed by atoms with Crippen LogP contribution >= 0.6 is 0 Å². The number of allylic oxidation sites excluding steroid dienone is 3. The maximum absolute atomic E-state index is 12.5. The van der Waals surface area contributed by atoms with Crippen LogP contribution in [0.5, 0.6) is 0 Å². The zero-order chi connectivity index (χ0) is 25.9. The fourth-order valence-corrected chi connectivity index (χ4v) is 9.86. The number of esters is 1. The smallest absolute Gasteiger partial charge is 0.306 e. The van der Waals surface area contributed by atoms with Crippen molar-refractivity contribution in [3.8, 4) is 0 Å². The Morgan fingerprint density at radius 3 is 2.44 bits per heavy atom. The minimum Gasteiger partial charge on any atom is -0.461 e. The average molecular weight is 497 g/mol. The van der Waals surface area contributed by atoms with Gasteiger partial charge in [0.2, 0.25) is 0 Å². The monoisotopic (exact) mass is 496 g/mol. The lowest BCUT2D eigenvalue weighted by molar-refractivity contribution is -0.143. The van der Waals surface area contributed by atoms with E-state index in [0.717, 1.165) is 48.9 Å². The van der Waals surface area contributed by atoms with E-state index in [1.165, 1.54) is 75.4 Å². The van der Waals surface area contributed by atoms with Crippen LogP contribution in [0.4, 0.5) is 0 Å². The summed E-state index contributed by atoms with van der Waals surface area (Å²) in [4.78, 5) is 12.5. The Balaban J connectivity index is 1.26. The van der Waals surface area contributed by atoms with Gasteiger partial charge in [-0.1, -0.05) is 50.8 Å².